The number of nitrogens with one attached hydrogen (secondary N) is 1. The Bertz CT molecular complexity index is 1570. The number of carboxylic acid groups (broad SMARTS) is 1. The Morgan fingerprint density at radius 2 is 1.38 bits per heavy atom. The summed E-state index contributed by atoms with van der Waals surface area (Å²) in [6, 6.07) is 6.84. The molecule has 37 heavy (non-hydrogen) atoms. The Balaban J connectivity index is 0.000000266. The highest BCUT2D eigenvalue weighted by molar-refractivity contribution is 9.10. The molecule has 0 saturated carbocycles. The minimum atomic E-state index is -1.12. The molecule has 9 nitrogen and oxygen atoms in total. The fraction of sp³-hybridized carbons (Fsp3) is 0.370. The predicted molar refractivity (Wildman–Crippen MR) is 151 cm³/mol. The van der Waals surface area contributed by atoms with Crippen molar-refractivity contribution in [2.24, 2.45) is 0 Å². The van der Waals surface area contributed by atoms with Crippen molar-refractivity contribution in [1.82, 2.24) is 18.8 Å². The molecule has 0 saturated heterocycles. The topological polar surface area (TPSA) is 118 Å². The van der Waals surface area contributed by atoms with Gasteiger partial charge in [0, 0.05) is 40.4 Å². The smallest absolute Gasteiger partial charge is 0.328 e. The van der Waals surface area contributed by atoms with Crippen molar-refractivity contribution in [3.8, 4) is 0 Å². The quantitative estimate of drug-likeness (QED) is 0.353. The second-order valence-corrected chi connectivity index (χ2v) is 9.99. The van der Waals surface area contributed by atoms with Crippen molar-refractivity contribution in [2.75, 3.05) is 5.32 Å². The minimum Gasteiger partial charge on any atom is -0.480 e. The number of halogens is 1. The van der Waals surface area contributed by atoms with Gasteiger partial charge in [-0.25, -0.2) is 14.8 Å². The number of aromatic nitrogens is 4. The van der Waals surface area contributed by atoms with Crippen LogP contribution in [0.3, 0.4) is 0 Å². The van der Waals surface area contributed by atoms with Gasteiger partial charge in [0.15, 0.2) is 0 Å². The lowest BCUT2D eigenvalue weighted by Crippen LogP contribution is -2.40. The van der Waals surface area contributed by atoms with Crippen molar-refractivity contribution in [2.45, 2.75) is 67.3 Å². The van der Waals surface area contributed by atoms with E-state index in [1.807, 2.05) is 33.8 Å². The van der Waals surface area contributed by atoms with E-state index in [1.54, 1.807) is 42.8 Å². The molecule has 0 aliphatic heterocycles. The van der Waals surface area contributed by atoms with Crippen molar-refractivity contribution in [3.63, 3.8) is 0 Å². The summed E-state index contributed by atoms with van der Waals surface area (Å²) in [4.78, 5) is 44.0. The standard InChI is InChI=1S/C15H19N3O3.C11H11BrN2O.CH4/c1-5-10-7-12(19)18-8-11(6-9(2)13(18)16-10)17-15(3,4)14(20)21;1-3-9-5-10(15)14-6-8(12)4-7(2)11(14)13-9;/h6-8,17H,5H2,1-4H3,(H,20,21);4-6H,3H2,1-2H3;1H4. The Morgan fingerprint density at radius 3 is 1.84 bits per heavy atom. The molecule has 0 amide bonds. The summed E-state index contributed by atoms with van der Waals surface area (Å²) in [6.07, 6.45) is 4.80. The number of carboxylic acids is 1. The molecule has 0 radical (unpaired) electrons. The van der Waals surface area contributed by atoms with Gasteiger partial charge in [-0.1, -0.05) is 21.3 Å². The average molecular weight is 573 g/mol. The van der Waals surface area contributed by atoms with Crippen LogP contribution in [0, 0.1) is 13.8 Å². The van der Waals surface area contributed by atoms with Gasteiger partial charge >= 0.3 is 5.97 Å². The third-order valence-electron chi connectivity index (χ3n) is 5.68. The van der Waals surface area contributed by atoms with E-state index in [1.165, 1.54) is 10.5 Å². The molecule has 0 aromatic carbocycles. The van der Waals surface area contributed by atoms with Crippen LogP contribution >= 0.6 is 15.9 Å². The molecular weight excluding hydrogens is 538 g/mol. The molecule has 0 fully saturated rings. The molecule has 4 aromatic heterocycles. The number of hydrogen-bond acceptors (Lipinski definition) is 6. The van der Waals surface area contributed by atoms with Crippen LogP contribution in [0.1, 0.15) is 57.6 Å². The van der Waals surface area contributed by atoms with Crippen LogP contribution in [0.25, 0.3) is 11.3 Å². The molecule has 10 heteroatoms. The highest BCUT2D eigenvalue weighted by Crippen LogP contribution is 2.19. The molecule has 0 unspecified atom stereocenters. The molecule has 4 aromatic rings. The normalized spacial score (nSPS) is 11.0. The fourth-order valence-electron chi connectivity index (χ4n) is 3.63. The highest BCUT2D eigenvalue weighted by Gasteiger charge is 2.27. The summed E-state index contributed by atoms with van der Waals surface area (Å²) in [5.41, 5.74) is 3.98. The summed E-state index contributed by atoms with van der Waals surface area (Å²) < 4.78 is 3.90. The van der Waals surface area contributed by atoms with Crippen LogP contribution in [-0.4, -0.2) is 35.4 Å². The lowest BCUT2D eigenvalue weighted by molar-refractivity contribution is -0.141. The van der Waals surface area contributed by atoms with Crippen LogP contribution in [0.4, 0.5) is 5.69 Å². The van der Waals surface area contributed by atoms with Gasteiger partial charge in [0.2, 0.25) is 0 Å². The third-order valence-corrected chi connectivity index (χ3v) is 6.11. The van der Waals surface area contributed by atoms with E-state index in [9.17, 15) is 14.4 Å². The maximum atomic E-state index is 12.1. The van der Waals surface area contributed by atoms with Gasteiger partial charge < -0.3 is 10.4 Å². The van der Waals surface area contributed by atoms with E-state index in [4.69, 9.17) is 5.11 Å². The van der Waals surface area contributed by atoms with Gasteiger partial charge in [0.25, 0.3) is 11.1 Å². The van der Waals surface area contributed by atoms with Crippen molar-refractivity contribution in [3.05, 3.63) is 84.4 Å². The van der Waals surface area contributed by atoms with Crippen LogP contribution in [0.15, 0.2) is 50.7 Å². The Kier molecular flexibility index (Phi) is 9.38. The number of hydrogen-bond donors (Lipinski definition) is 2. The van der Waals surface area contributed by atoms with Gasteiger partial charge in [0.1, 0.15) is 16.8 Å². The molecule has 0 aliphatic rings. The summed E-state index contributed by atoms with van der Waals surface area (Å²) in [7, 11) is 0. The first-order valence-electron chi connectivity index (χ1n) is 11.6. The first-order valence-corrected chi connectivity index (χ1v) is 12.4. The van der Waals surface area contributed by atoms with Crippen LogP contribution in [0.2, 0.25) is 0 Å². The molecular formula is C27H34BrN5O4. The number of pyridine rings is 2. The van der Waals surface area contributed by atoms with E-state index >= 15 is 0 Å². The number of rotatable bonds is 5. The minimum absolute atomic E-state index is 0. The first kappa shape index (κ1) is 29.7. The van der Waals surface area contributed by atoms with E-state index in [0.717, 1.165) is 39.1 Å². The molecule has 198 valence electrons. The van der Waals surface area contributed by atoms with E-state index in [2.05, 4.69) is 31.2 Å². The maximum absolute atomic E-state index is 12.1. The summed E-state index contributed by atoms with van der Waals surface area (Å²) >= 11 is 3.37. The molecule has 2 N–H and O–H groups in total. The number of nitrogens with zero attached hydrogens (tertiary/aromatic N) is 4. The zero-order valence-electron chi connectivity index (χ0n) is 21.2. The Morgan fingerprint density at radius 1 is 0.919 bits per heavy atom. The van der Waals surface area contributed by atoms with E-state index in [0.29, 0.717) is 17.8 Å². The van der Waals surface area contributed by atoms with Crippen molar-refractivity contribution >= 4 is 38.9 Å². The fourth-order valence-corrected chi connectivity index (χ4v) is 4.18. The van der Waals surface area contributed by atoms with Gasteiger partial charge in [-0.15, -0.1) is 0 Å². The second kappa shape index (κ2) is 11.7. The average Bonchev–Trinajstić information content (AvgIpc) is 2.80. The Labute approximate surface area is 224 Å². The van der Waals surface area contributed by atoms with Crippen LogP contribution in [-0.2, 0) is 17.6 Å². The van der Waals surface area contributed by atoms with Crippen molar-refractivity contribution in [1.29, 1.82) is 0 Å². The van der Waals surface area contributed by atoms with Crippen LogP contribution in [0.5, 0.6) is 0 Å². The monoisotopic (exact) mass is 571 g/mol. The molecule has 0 atom stereocenters. The highest BCUT2D eigenvalue weighted by atomic mass is 79.9. The third kappa shape index (κ3) is 6.62. The maximum Gasteiger partial charge on any atom is 0.328 e. The molecule has 0 aliphatic carbocycles. The van der Waals surface area contributed by atoms with E-state index < -0.39 is 11.5 Å². The summed E-state index contributed by atoms with van der Waals surface area (Å²) in [5, 5.41) is 12.1. The lowest BCUT2D eigenvalue weighted by Gasteiger charge is -2.23. The number of carbonyl (C=O) groups is 1. The number of aryl methyl sites for hydroxylation is 4. The van der Waals surface area contributed by atoms with Crippen LogP contribution < -0.4 is 16.4 Å². The number of anilines is 1. The van der Waals surface area contributed by atoms with E-state index in [-0.39, 0.29) is 18.5 Å². The molecule has 4 heterocycles. The number of fused-ring (bicyclic) bond motifs is 2. The predicted octanol–water partition coefficient (Wildman–Crippen LogP) is 4.80. The van der Waals surface area contributed by atoms with Gasteiger partial charge in [-0.2, -0.15) is 0 Å². The lowest BCUT2D eigenvalue weighted by atomic mass is 10.1. The zero-order chi connectivity index (χ0) is 26.8. The first-order chi connectivity index (χ1) is 16.9. The number of aliphatic carboxylic acids is 1. The summed E-state index contributed by atoms with van der Waals surface area (Å²) in [6.45, 7) is 10.9. The zero-order valence-corrected chi connectivity index (χ0v) is 22.8. The second-order valence-electron chi connectivity index (χ2n) is 9.07. The van der Waals surface area contributed by atoms with Gasteiger partial charge in [0.05, 0.1) is 5.69 Å². The van der Waals surface area contributed by atoms with Gasteiger partial charge in [-0.3, -0.25) is 18.4 Å². The van der Waals surface area contributed by atoms with Gasteiger partial charge in [-0.05, 0) is 79.7 Å². The Hall–Kier alpha value is -3.53. The summed E-state index contributed by atoms with van der Waals surface area (Å²) in [5.74, 6) is -0.966. The molecule has 0 bridgehead atoms. The molecule has 4 rings (SSSR count). The van der Waals surface area contributed by atoms with Crippen molar-refractivity contribution < 1.29 is 9.90 Å². The largest absolute Gasteiger partial charge is 0.480 e. The molecule has 0 spiro atoms. The SMILES string of the molecule is C.CCc1cc(=O)n2cc(Br)cc(C)c2n1.CCc1cc(=O)n2cc(NC(C)(C)C(=O)O)cc(C)c2n1.